The Morgan fingerprint density at radius 1 is 1.16 bits per heavy atom. The van der Waals surface area contributed by atoms with Crippen molar-refractivity contribution in [3.05, 3.63) is 25.3 Å². The van der Waals surface area contributed by atoms with Gasteiger partial charge < -0.3 is 19.8 Å². The fourth-order valence-electron chi connectivity index (χ4n) is 7.15. The Labute approximate surface area is 234 Å². The number of fused-ring (bicyclic) bond motifs is 1. The van der Waals surface area contributed by atoms with Crippen molar-refractivity contribution < 1.29 is 19.5 Å². The topological polar surface area (TPSA) is 81.2 Å². The van der Waals surface area contributed by atoms with Gasteiger partial charge in [0.05, 0.1) is 29.2 Å². The van der Waals surface area contributed by atoms with Crippen LogP contribution in [0.15, 0.2) is 25.3 Å². The molecule has 2 bridgehead atoms. The molecule has 0 aromatic heterocycles. The average Bonchev–Trinajstić information content (AvgIpc) is 3.52. The van der Waals surface area contributed by atoms with Crippen LogP contribution in [0.5, 0.6) is 0 Å². The van der Waals surface area contributed by atoms with Crippen molar-refractivity contribution in [2.75, 3.05) is 26.2 Å². The number of likely N-dealkylation sites (tertiary alicyclic amines) is 1. The maximum absolute atomic E-state index is 14.5. The molecule has 214 valence electrons. The van der Waals surface area contributed by atoms with E-state index in [0.717, 1.165) is 32.1 Å². The third kappa shape index (κ3) is 5.45. The molecular formula is C30H49N3O4S. The molecule has 3 unspecified atom stereocenters. The molecule has 38 heavy (non-hydrogen) atoms. The summed E-state index contributed by atoms with van der Waals surface area (Å²) in [6.07, 6.45) is 8.27. The standard InChI is InChI=1S/C30H49N3O4S/c1-8-12-21(7)32(17-11-4)29(37)26-30-14-13-23(38-30)24(27(35)31(15-9-2)16-10-3)25(30)28(36)33(26)22(19-34)18-20(5)6/h9,11,20-26,34H,2,4,8,10,12-19H2,1,3,5-7H3/t21?,22-,23+,24-,25+,26?,30?/m1/s1. The van der Waals surface area contributed by atoms with Gasteiger partial charge in [-0.1, -0.05) is 46.3 Å². The van der Waals surface area contributed by atoms with Crippen molar-refractivity contribution in [1.82, 2.24) is 14.7 Å². The monoisotopic (exact) mass is 547 g/mol. The molecule has 3 amide bonds. The number of carbonyl (C=O) groups excluding carboxylic acids is 3. The fraction of sp³-hybridized carbons (Fsp3) is 0.767. The van der Waals surface area contributed by atoms with Gasteiger partial charge in [0.2, 0.25) is 17.7 Å². The maximum Gasteiger partial charge on any atom is 0.247 e. The van der Waals surface area contributed by atoms with Crippen LogP contribution >= 0.6 is 11.8 Å². The minimum atomic E-state index is -0.693. The minimum absolute atomic E-state index is 0.00364. The first-order valence-electron chi connectivity index (χ1n) is 14.5. The zero-order valence-corrected chi connectivity index (χ0v) is 24.9. The van der Waals surface area contributed by atoms with Gasteiger partial charge in [-0.2, -0.15) is 0 Å². The van der Waals surface area contributed by atoms with Crippen molar-refractivity contribution in [3.8, 4) is 0 Å². The SMILES string of the molecule is C=CCN(CCC)C(=O)[C@@H]1[C@@H]2CCC3(S2)C(C(=O)N(CC=C)C(C)CCC)N([C@@H](CO)CC(C)C)C(=O)[C@H]13. The molecule has 0 saturated carbocycles. The number of aliphatic hydroxyl groups is 1. The van der Waals surface area contributed by atoms with E-state index in [1.165, 1.54) is 0 Å². The lowest BCUT2D eigenvalue weighted by Gasteiger charge is -2.41. The highest BCUT2D eigenvalue weighted by atomic mass is 32.2. The van der Waals surface area contributed by atoms with Crippen LogP contribution in [-0.2, 0) is 14.4 Å². The van der Waals surface area contributed by atoms with E-state index in [0.29, 0.717) is 26.1 Å². The number of nitrogens with zero attached hydrogens (tertiary/aromatic N) is 3. The highest BCUT2D eigenvalue weighted by Crippen LogP contribution is 2.67. The third-order valence-corrected chi connectivity index (χ3v) is 10.6. The van der Waals surface area contributed by atoms with Gasteiger partial charge in [-0.25, -0.2) is 0 Å². The van der Waals surface area contributed by atoms with Gasteiger partial charge in [-0.15, -0.1) is 24.9 Å². The summed E-state index contributed by atoms with van der Waals surface area (Å²) in [5, 5.41) is 10.5. The minimum Gasteiger partial charge on any atom is -0.394 e. The van der Waals surface area contributed by atoms with E-state index in [1.54, 1.807) is 28.8 Å². The number of amides is 3. The molecule has 0 aliphatic carbocycles. The summed E-state index contributed by atoms with van der Waals surface area (Å²) in [7, 11) is 0. The molecule has 0 radical (unpaired) electrons. The normalized spacial score (nSPS) is 29.3. The van der Waals surface area contributed by atoms with Crippen LogP contribution < -0.4 is 0 Å². The summed E-state index contributed by atoms with van der Waals surface area (Å²) in [5.74, 6) is -0.957. The van der Waals surface area contributed by atoms with E-state index in [1.807, 2.05) is 16.7 Å². The Bertz CT molecular complexity index is 895. The Kier molecular flexibility index (Phi) is 10.5. The van der Waals surface area contributed by atoms with Gasteiger partial charge in [-0.05, 0) is 44.9 Å². The van der Waals surface area contributed by atoms with Crippen LogP contribution in [-0.4, -0.2) is 91.9 Å². The first-order chi connectivity index (χ1) is 18.1. The van der Waals surface area contributed by atoms with Gasteiger partial charge in [0, 0.05) is 30.9 Å². The predicted molar refractivity (Wildman–Crippen MR) is 155 cm³/mol. The van der Waals surface area contributed by atoms with Crippen LogP contribution in [0.4, 0.5) is 0 Å². The molecule has 0 aromatic carbocycles. The van der Waals surface area contributed by atoms with Gasteiger partial charge in [0.1, 0.15) is 6.04 Å². The fourth-order valence-corrected chi connectivity index (χ4v) is 9.34. The van der Waals surface area contributed by atoms with Crippen molar-refractivity contribution >= 4 is 29.5 Å². The molecule has 1 spiro atoms. The van der Waals surface area contributed by atoms with Gasteiger partial charge >= 0.3 is 0 Å². The first kappa shape index (κ1) is 30.7. The van der Waals surface area contributed by atoms with Crippen LogP contribution in [0.3, 0.4) is 0 Å². The molecule has 1 N–H and O–H groups in total. The summed E-state index contributed by atoms with van der Waals surface area (Å²) in [4.78, 5) is 48.3. The average molecular weight is 548 g/mol. The highest BCUT2D eigenvalue weighted by molar-refractivity contribution is 8.02. The Morgan fingerprint density at radius 3 is 2.39 bits per heavy atom. The lowest BCUT2D eigenvalue weighted by Crippen LogP contribution is -2.59. The number of thioether (sulfide) groups is 1. The molecule has 7 nitrogen and oxygen atoms in total. The van der Waals surface area contributed by atoms with Gasteiger partial charge in [0.25, 0.3) is 0 Å². The number of hydrogen-bond donors (Lipinski definition) is 1. The number of hydrogen-bond acceptors (Lipinski definition) is 5. The number of carbonyl (C=O) groups is 3. The summed E-state index contributed by atoms with van der Waals surface area (Å²) in [5.41, 5.74) is 0. The van der Waals surface area contributed by atoms with Crippen molar-refractivity contribution in [2.45, 2.75) is 101 Å². The lowest BCUT2D eigenvalue weighted by atomic mass is 9.70. The molecule has 3 fully saturated rings. The molecule has 3 aliphatic rings. The largest absolute Gasteiger partial charge is 0.394 e. The van der Waals surface area contributed by atoms with E-state index < -0.39 is 28.7 Å². The molecule has 3 aliphatic heterocycles. The second-order valence-electron chi connectivity index (χ2n) is 11.8. The molecule has 7 atom stereocenters. The smallest absolute Gasteiger partial charge is 0.247 e. The first-order valence-corrected chi connectivity index (χ1v) is 15.4. The van der Waals surface area contributed by atoms with Crippen molar-refractivity contribution in [2.24, 2.45) is 17.8 Å². The Balaban J connectivity index is 2.11. The third-order valence-electron chi connectivity index (χ3n) is 8.61. The number of rotatable bonds is 15. The highest BCUT2D eigenvalue weighted by Gasteiger charge is 2.74. The van der Waals surface area contributed by atoms with E-state index >= 15 is 0 Å². The van der Waals surface area contributed by atoms with Crippen molar-refractivity contribution in [1.29, 1.82) is 0 Å². The summed E-state index contributed by atoms with van der Waals surface area (Å²) in [6, 6.07) is -1.15. The van der Waals surface area contributed by atoms with E-state index in [9.17, 15) is 19.5 Å². The quantitative estimate of drug-likeness (QED) is 0.312. The van der Waals surface area contributed by atoms with E-state index in [4.69, 9.17) is 0 Å². The Morgan fingerprint density at radius 2 is 1.84 bits per heavy atom. The van der Waals surface area contributed by atoms with Crippen molar-refractivity contribution in [3.63, 3.8) is 0 Å². The van der Waals surface area contributed by atoms with Crippen LogP contribution in [0.1, 0.15) is 73.1 Å². The maximum atomic E-state index is 14.5. The second-order valence-corrected chi connectivity index (χ2v) is 13.4. The molecule has 8 heteroatoms. The zero-order valence-electron chi connectivity index (χ0n) is 24.1. The van der Waals surface area contributed by atoms with Gasteiger partial charge in [0.15, 0.2) is 0 Å². The molecule has 3 heterocycles. The number of aliphatic hydroxyl groups excluding tert-OH is 1. The molecule has 3 saturated heterocycles. The zero-order chi connectivity index (χ0) is 28.2. The molecule has 0 aromatic rings. The Hall–Kier alpha value is -1.80. The van der Waals surface area contributed by atoms with Crippen LogP contribution in [0.25, 0.3) is 0 Å². The summed E-state index contributed by atoms with van der Waals surface area (Å²) in [6.45, 7) is 19.4. The lowest BCUT2D eigenvalue weighted by molar-refractivity contribution is -0.148. The summed E-state index contributed by atoms with van der Waals surface area (Å²) < 4.78 is -0.652. The molecule has 3 rings (SSSR count). The van der Waals surface area contributed by atoms with E-state index in [-0.39, 0.29) is 41.5 Å². The summed E-state index contributed by atoms with van der Waals surface area (Å²) >= 11 is 1.70. The van der Waals surface area contributed by atoms with Crippen LogP contribution in [0.2, 0.25) is 0 Å². The van der Waals surface area contributed by atoms with E-state index in [2.05, 4.69) is 40.9 Å². The second kappa shape index (κ2) is 13.0. The van der Waals surface area contributed by atoms with Gasteiger partial charge in [-0.3, -0.25) is 14.4 Å². The van der Waals surface area contributed by atoms with Crippen LogP contribution in [0, 0.1) is 17.8 Å². The predicted octanol–water partition coefficient (Wildman–Crippen LogP) is 4.11. The molecular weight excluding hydrogens is 498 g/mol.